The second-order valence-electron chi connectivity index (χ2n) is 5.36. The van der Waals surface area contributed by atoms with Crippen LogP contribution in [0.3, 0.4) is 0 Å². The summed E-state index contributed by atoms with van der Waals surface area (Å²) in [6, 6.07) is 7.49. The van der Waals surface area contributed by atoms with Gasteiger partial charge in [0.2, 0.25) is 0 Å². The van der Waals surface area contributed by atoms with E-state index in [0.29, 0.717) is 27.7 Å². The lowest BCUT2D eigenvalue weighted by molar-refractivity contribution is 0.103. The molecule has 0 aliphatic carbocycles. The van der Waals surface area contributed by atoms with Gasteiger partial charge in [-0.2, -0.15) is 0 Å². The van der Waals surface area contributed by atoms with Gasteiger partial charge in [-0.15, -0.1) is 0 Å². The zero-order chi connectivity index (χ0) is 16.0. The van der Waals surface area contributed by atoms with Crippen molar-refractivity contribution in [2.75, 3.05) is 0 Å². The second-order valence-corrected chi connectivity index (χ2v) is 5.36. The van der Waals surface area contributed by atoms with Crippen molar-refractivity contribution in [3.8, 4) is 0 Å². The summed E-state index contributed by atoms with van der Waals surface area (Å²) < 4.78 is 19.9. The first-order chi connectivity index (χ1) is 10.4. The highest BCUT2D eigenvalue weighted by Crippen LogP contribution is 2.21. The molecule has 110 valence electrons. The zero-order valence-electron chi connectivity index (χ0n) is 12.4. The first kappa shape index (κ1) is 14.3. The van der Waals surface area contributed by atoms with E-state index in [2.05, 4.69) is 0 Å². The van der Waals surface area contributed by atoms with Crippen LogP contribution in [0, 0.1) is 12.7 Å². The number of hydrogen-bond donors (Lipinski definition) is 0. The first-order valence-electron chi connectivity index (χ1n) is 6.79. The number of oxazole rings is 1. The SMILES string of the molecule is Bc1cc(C(=O)c2cc(C)c3c(c2)oc(=O)n3C)ccc1F. The summed E-state index contributed by atoms with van der Waals surface area (Å²) in [6.45, 7) is 1.81. The van der Waals surface area contributed by atoms with Gasteiger partial charge in [0, 0.05) is 18.2 Å². The summed E-state index contributed by atoms with van der Waals surface area (Å²) in [4.78, 5) is 24.1. The van der Waals surface area contributed by atoms with Crippen LogP contribution in [0.25, 0.3) is 11.1 Å². The normalized spacial score (nSPS) is 11.0. The molecule has 4 nitrogen and oxygen atoms in total. The number of hydrogen-bond acceptors (Lipinski definition) is 3. The van der Waals surface area contributed by atoms with Crippen molar-refractivity contribution in [2.24, 2.45) is 7.05 Å². The molecule has 0 amide bonds. The molecule has 1 aromatic heterocycles. The van der Waals surface area contributed by atoms with Crippen LogP contribution in [0.4, 0.5) is 4.39 Å². The third-order valence-corrected chi connectivity index (χ3v) is 3.75. The van der Waals surface area contributed by atoms with Crippen LogP contribution in [0.1, 0.15) is 21.5 Å². The second kappa shape index (κ2) is 4.98. The van der Waals surface area contributed by atoms with Crippen molar-refractivity contribution in [3.63, 3.8) is 0 Å². The summed E-state index contributed by atoms with van der Waals surface area (Å²) in [5.41, 5.74) is 3.02. The minimum atomic E-state index is -0.472. The van der Waals surface area contributed by atoms with Crippen LogP contribution in [-0.4, -0.2) is 18.2 Å². The number of rotatable bonds is 2. The Labute approximate surface area is 126 Å². The van der Waals surface area contributed by atoms with Crippen LogP contribution >= 0.6 is 0 Å². The van der Waals surface area contributed by atoms with E-state index in [-0.39, 0.29) is 11.6 Å². The van der Waals surface area contributed by atoms with E-state index in [9.17, 15) is 14.0 Å². The maximum atomic E-state index is 13.3. The molecular formula is C16H13BFNO3. The Kier molecular flexibility index (Phi) is 3.24. The van der Waals surface area contributed by atoms with E-state index in [1.165, 1.54) is 22.8 Å². The molecule has 0 atom stereocenters. The first-order valence-corrected chi connectivity index (χ1v) is 6.79. The number of halogens is 1. The molecule has 1 heterocycles. The molecule has 3 rings (SSSR count). The average Bonchev–Trinajstić information content (AvgIpc) is 2.76. The molecule has 22 heavy (non-hydrogen) atoms. The molecule has 0 N–H and O–H groups in total. The van der Waals surface area contributed by atoms with Gasteiger partial charge < -0.3 is 4.42 Å². The number of aromatic nitrogens is 1. The molecule has 0 bridgehead atoms. The predicted molar refractivity (Wildman–Crippen MR) is 84.2 cm³/mol. The van der Waals surface area contributed by atoms with Gasteiger partial charge >= 0.3 is 5.76 Å². The van der Waals surface area contributed by atoms with Gasteiger partial charge in [-0.25, -0.2) is 9.18 Å². The van der Waals surface area contributed by atoms with E-state index >= 15 is 0 Å². The molecule has 0 aliphatic rings. The Morgan fingerprint density at radius 2 is 1.95 bits per heavy atom. The third-order valence-electron chi connectivity index (χ3n) is 3.75. The Morgan fingerprint density at radius 3 is 2.64 bits per heavy atom. The summed E-state index contributed by atoms with van der Waals surface area (Å²) in [5.74, 6) is -1.06. The Morgan fingerprint density at radius 1 is 1.23 bits per heavy atom. The van der Waals surface area contributed by atoms with E-state index in [4.69, 9.17) is 4.42 Å². The lowest BCUT2D eigenvalue weighted by atomic mass is 9.91. The highest BCUT2D eigenvalue weighted by molar-refractivity contribution is 6.33. The van der Waals surface area contributed by atoms with E-state index in [1.807, 2.05) is 6.92 Å². The van der Waals surface area contributed by atoms with Crippen molar-refractivity contribution < 1.29 is 13.6 Å². The van der Waals surface area contributed by atoms with Crippen LogP contribution in [0.2, 0.25) is 0 Å². The molecule has 0 unspecified atom stereocenters. The van der Waals surface area contributed by atoms with Crippen molar-refractivity contribution in [2.45, 2.75) is 6.92 Å². The number of ketones is 1. The number of benzene rings is 2. The number of carbonyl (C=O) groups is 1. The molecule has 0 spiro atoms. The topological polar surface area (TPSA) is 52.2 Å². The lowest BCUT2D eigenvalue weighted by Crippen LogP contribution is -2.12. The quantitative estimate of drug-likeness (QED) is 0.525. The summed E-state index contributed by atoms with van der Waals surface area (Å²) >= 11 is 0. The maximum absolute atomic E-state index is 13.3. The predicted octanol–water partition coefficient (Wildman–Crippen LogP) is 1.07. The van der Waals surface area contributed by atoms with Gasteiger partial charge in [-0.3, -0.25) is 9.36 Å². The Balaban J connectivity index is 2.15. The number of aryl methyl sites for hydroxylation is 2. The zero-order valence-corrected chi connectivity index (χ0v) is 12.4. The average molecular weight is 297 g/mol. The van der Waals surface area contributed by atoms with Gasteiger partial charge in [-0.1, -0.05) is 11.5 Å². The molecule has 3 aromatic rings. The fraction of sp³-hybridized carbons (Fsp3) is 0.125. The standard InChI is InChI=1S/C16H13BFNO3/c1-8-5-10(7-13-14(8)19(2)16(21)22-13)15(20)9-3-4-12(18)11(17)6-9/h3-7H,17H2,1-2H3. The maximum Gasteiger partial charge on any atom is 0.419 e. The molecule has 6 heteroatoms. The fourth-order valence-electron chi connectivity index (χ4n) is 2.59. The smallest absolute Gasteiger partial charge is 0.408 e. The highest BCUT2D eigenvalue weighted by atomic mass is 19.1. The minimum Gasteiger partial charge on any atom is -0.408 e. The van der Waals surface area contributed by atoms with Crippen molar-refractivity contribution >= 4 is 30.2 Å². The van der Waals surface area contributed by atoms with Crippen molar-refractivity contribution in [1.29, 1.82) is 0 Å². The molecule has 0 saturated heterocycles. The van der Waals surface area contributed by atoms with Gasteiger partial charge in [0.1, 0.15) is 13.7 Å². The molecular weight excluding hydrogens is 284 g/mol. The Bertz CT molecular complexity index is 971. The van der Waals surface area contributed by atoms with Crippen LogP contribution in [0.15, 0.2) is 39.5 Å². The summed E-state index contributed by atoms with van der Waals surface area (Å²) in [7, 11) is 3.22. The van der Waals surface area contributed by atoms with Gasteiger partial charge in [0.15, 0.2) is 11.4 Å². The molecule has 0 fully saturated rings. The Hall–Kier alpha value is -2.63. The van der Waals surface area contributed by atoms with E-state index in [0.717, 1.165) is 5.56 Å². The molecule has 0 aliphatic heterocycles. The number of nitrogens with zero attached hydrogens (tertiary/aromatic N) is 1. The fourth-order valence-corrected chi connectivity index (χ4v) is 2.59. The van der Waals surface area contributed by atoms with Crippen LogP contribution < -0.4 is 11.2 Å². The summed E-state index contributed by atoms with van der Waals surface area (Å²) in [6.07, 6.45) is 0. The van der Waals surface area contributed by atoms with Crippen LogP contribution in [-0.2, 0) is 7.05 Å². The van der Waals surface area contributed by atoms with Gasteiger partial charge in [0.05, 0.1) is 5.52 Å². The largest absolute Gasteiger partial charge is 0.419 e. The minimum absolute atomic E-state index is 0.236. The number of fused-ring (bicyclic) bond motifs is 1. The molecule has 0 saturated carbocycles. The van der Waals surface area contributed by atoms with E-state index < -0.39 is 5.76 Å². The molecule has 0 radical (unpaired) electrons. The number of carbonyl (C=O) groups excluding carboxylic acids is 1. The van der Waals surface area contributed by atoms with Gasteiger partial charge in [-0.05, 0) is 36.8 Å². The lowest BCUT2D eigenvalue weighted by Gasteiger charge is -2.05. The van der Waals surface area contributed by atoms with E-state index in [1.54, 1.807) is 27.0 Å². The monoisotopic (exact) mass is 297 g/mol. The van der Waals surface area contributed by atoms with Crippen LogP contribution in [0.5, 0.6) is 0 Å². The third kappa shape index (κ3) is 2.17. The highest BCUT2D eigenvalue weighted by Gasteiger charge is 2.16. The van der Waals surface area contributed by atoms with Crippen molar-refractivity contribution in [1.82, 2.24) is 4.57 Å². The van der Waals surface area contributed by atoms with Crippen molar-refractivity contribution in [3.05, 3.63) is 63.4 Å². The van der Waals surface area contributed by atoms with Gasteiger partial charge in [0.25, 0.3) is 0 Å². The molecule has 2 aromatic carbocycles. The summed E-state index contributed by atoms with van der Waals surface area (Å²) in [5, 5.41) is 0.